The van der Waals surface area contributed by atoms with Gasteiger partial charge in [0.25, 0.3) is 5.91 Å². The molecule has 0 unspecified atom stereocenters. The molecule has 1 aromatic carbocycles. The number of hydrogen-bond acceptors (Lipinski definition) is 4. The number of aromatic nitrogens is 3. The first-order valence-electron chi connectivity index (χ1n) is 7.95. The van der Waals surface area contributed by atoms with Crippen molar-refractivity contribution >= 4 is 22.5 Å². The maximum Gasteiger partial charge on any atom is 0.259 e. The Morgan fingerprint density at radius 2 is 2.00 bits per heavy atom. The van der Waals surface area contributed by atoms with E-state index in [-0.39, 0.29) is 11.8 Å². The lowest BCUT2D eigenvalue weighted by atomic mass is 10.0. The Morgan fingerprint density at radius 3 is 2.75 bits per heavy atom. The van der Waals surface area contributed by atoms with E-state index in [1.807, 2.05) is 45.9 Å². The molecule has 0 aliphatic rings. The molecular weight excluding hydrogens is 300 g/mol. The molecule has 2 heterocycles. The summed E-state index contributed by atoms with van der Waals surface area (Å²) < 4.78 is 0. The van der Waals surface area contributed by atoms with Crippen molar-refractivity contribution in [3.63, 3.8) is 0 Å². The molecule has 24 heavy (non-hydrogen) atoms. The van der Waals surface area contributed by atoms with Gasteiger partial charge in [-0.3, -0.25) is 9.78 Å². The van der Waals surface area contributed by atoms with Crippen LogP contribution in [0.25, 0.3) is 10.9 Å². The topological polar surface area (TPSA) is 67.8 Å². The minimum absolute atomic E-state index is 0.145. The molecule has 0 spiro atoms. The van der Waals surface area contributed by atoms with Gasteiger partial charge in [-0.15, -0.1) is 0 Å². The van der Waals surface area contributed by atoms with Crippen LogP contribution in [0.4, 0.5) is 5.69 Å². The van der Waals surface area contributed by atoms with Crippen molar-refractivity contribution in [2.45, 2.75) is 33.6 Å². The summed E-state index contributed by atoms with van der Waals surface area (Å²) in [5.74, 6) is -0.0559. The van der Waals surface area contributed by atoms with Crippen molar-refractivity contribution in [1.29, 1.82) is 0 Å². The first-order valence-corrected chi connectivity index (χ1v) is 7.95. The molecule has 0 saturated heterocycles. The molecule has 1 amide bonds. The van der Waals surface area contributed by atoms with Crippen LogP contribution in [0.5, 0.6) is 0 Å². The lowest BCUT2D eigenvalue weighted by molar-refractivity contribution is 0.102. The maximum atomic E-state index is 12.8. The fourth-order valence-corrected chi connectivity index (χ4v) is 2.78. The van der Waals surface area contributed by atoms with Crippen molar-refractivity contribution in [3.8, 4) is 0 Å². The van der Waals surface area contributed by atoms with Gasteiger partial charge in [0.15, 0.2) is 0 Å². The molecule has 5 nitrogen and oxygen atoms in total. The molecule has 2 aromatic heterocycles. The normalized spacial score (nSPS) is 11.0. The van der Waals surface area contributed by atoms with Gasteiger partial charge in [0, 0.05) is 17.8 Å². The number of hydrogen-bond donors (Lipinski definition) is 1. The largest absolute Gasteiger partial charge is 0.321 e. The van der Waals surface area contributed by atoms with Crippen molar-refractivity contribution in [3.05, 3.63) is 59.3 Å². The predicted molar refractivity (Wildman–Crippen MR) is 95.3 cm³/mol. The molecule has 0 atom stereocenters. The van der Waals surface area contributed by atoms with Crippen LogP contribution in [0.3, 0.4) is 0 Å². The average Bonchev–Trinajstić information content (AvgIpc) is 2.59. The van der Waals surface area contributed by atoms with E-state index in [1.54, 1.807) is 12.4 Å². The van der Waals surface area contributed by atoms with Crippen LogP contribution >= 0.6 is 0 Å². The van der Waals surface area contributed by atoms with Crippen molar-refractivity contribution in [1.82, 2.24) is 15.0 Å². The van der Waals surface area contributed by atoms with Gasteiger partial charge >= 0.3 is 0 Å². The van der Waals surface area contributed by atoms with E-state index in [1.165, 1.54) is 6.33 Å². The third-order valence-electron chi connectivity index (χ3n) is 4.19. The number of pyridine rings is 1. The summed E-state index contributed by atoms with van der Waals surface area (Å²) in [5, 5.41) is 3.93. The van der Waals surface area contributed by atoms with Gasteiger partial charge in [0.1, 0.15) is 6.33 Å². The molecule has 3 aromatic rings. The highest BCUT2D eigenvalue weighted by Gasteiger charge is 2.17. The SMILES string of the molecule is Cc1cc(NC(=O)c2cncnc2C(C)C)c2cccnc2c1C. The average molecular weight is 320 g/mol. The Labute approximate surface area is 141 Å². The fraction of sp³-hybridized carbons (Fsp3) is 0.263. The van der Waals surface area contributed by atoms with Crippen molar-refractivity contribution in [2.75, 3.05) is 5.32 Å². The number of anilines is 1. The number of carbonyl (C=O) groups is 1. The Morgan fingerprint density at radius 1 is 1.21 bits per heavy atom. The number of rotatable bonds is 3. The molecule has 0 fully saturated rings. The molecular formula is C19H20N4O. The second kappa shape index (κ2) is 6.35. The van der Waals surface area contributed by atoms with Crippen LogP contribution in [0, 0.1) is 13.8 Å². The summed E-state index contributed by atoms with van der Waals surface area (Å²) in [5.41, 5.74) is 5.11. The van der Waals surface area contributed by atoms with Crippen molar-refractivity contribution in [2.24, 2.45) is 0 Å². The highest BCUT2D eigenvalue weighted by molar-refractivity contribution is 6.09. The van der Waals surface area contributed by atoms with Gasteiger partial charge in [-0.1, -0.05) is 13.8 Å². The van der Waals surface area contributed by atoms with Crippen LogP contribution in [0.1, 0.15) is 46.9 Å². The molecule has 3 rings (SSSR count). The minimum Gasteiger partial charge on any atom is -0.321 e. The number of benzene rings is 1. The predicted octanol–water partition coefficient (Wildman–Crippen LogP) is 4.02. The molecule has 122 valence electrons. The molecule has 1 N–H and O–H groups in total. The molecule has 5 heteroatoms. The number of amides is 1. The molecule has 0 aliphatic heterocycles. The number of nitrogens with zero attached hydrogens (tertiary/aromatic N) is 3. The van der Waals surface area contributed by atoms with E-state index in [4.69, 9.17) is 0 Å². The lowest BCUT2D eigenvalue weighted by Gasteiger charge is -2.14. The number of carbonyl (C=O) groups excluding carboxylic acids is 1. The van der Waals surface area contributed by atoms with E-state index < -0.39 is 0 Å². The Bertz CT molecular complexity index is 918. The summed E-state index contributed by atoms with van der Waals surface area (Å²) in [6.07, 6.45) is 4.81. The third kappa shape index (κ3) is 2.85. The maximum absolute atomic E-state index is 12.8. The van der Waals surface area contributed by atoms with Crippen LogP contribution in [0.2, 0.25) is 0 Å². The van der Waals surface area contributed by atoms with Gasteiger partial charge < -0.3 is 5.32 Å². The summed E-state index contributed by atoms with van der Waals surface area (Å²) in [6.45, 7) is 8.07. The highest BCUT2D eigenvalue weighted by Crippen LogP contribution is 2.28. The van der Waals surface area contributed by atoms with Gasteiger partial charge in [-0.05, 0) is 49.1 Å². The second-order valence-electron chi connectivity index (χ2n) is 6.20. The highest BCUT2D eigenvalue weighted by atomic mass is 16.1. The fourth-order valence-electron chi connectivity index (χ4n) is 2.78. The molecule has 0 saturated carbocycles. The Hall–Kier alpha value is -2.82. The first-order chi connectivity index (χ1) is 11.5. The Balaban J connectivity index is 2.05. The quantitative estimate of drug-likeness (QED) is 0.791. The number of fused-ring (bicyclic) bond motifs is 1. The van der Waals surface area contributed by atoms with Crippen LogP contribution in [-0.2, 0) is 0 Å². The summed E-state index contributed by atoms with van der Waals surface area (Å²) in [7, 11) is 0. The lowest BCUT2D eigenvalue weighted by Crippen LogP contribution is -2.17. The van der Waals surface area contributed by atoms with E-state index >= 15 is 0 Å². The van der Waals surface area contributed by atoms with Gasteiger partial charge in [-0.25, -0.2) is 9.97 Å². The third-order valence-corrected chi connectivity index (χ3v) is 4.19. The molecule has 0 aliphatic carbocycles. The molecule has 0 radical (unpaired) electrons. The number of aryl methyl sites for hydroxylation is 2. The van der Waals surface area contributed by atoms with E-state index in [0.717, 1.165) is 33.4 Å². The summed E-state index contributed by atoms with van der Waals surface area (Å²) in [4.78, 5) is 25.5. The molecule has 0 bridgehead atoms. The van der Waals surface area contributed by atoms with Gasteiger partial charge in [-0.2, -0.15) is 0 Å². The van der Waals surface area contributed by atoms with E-state index in [2.05, 4.69) is 20.3 Å². The van der Waals surface area contributed by atoms with Crippen LogP contribution < -0.4 is 5.32 Å². The van der Waals surface area contributed by atoms with Gasteiger partial charge in [0.05, 0.1) is 22.5 Å². The van der Waals surface area contributed by atoms with E-state index in [0.29, 0.717) is 5.56 Å². The standard InChI is InChI=1S/C19H20N4O/c1-11(2)17-15(9-20-10-22-17)19(24)23-16-8-12(3)13(4)18-14(16)6-5-7-21-18/h5-11H,1-4H3,(H,23,24). The zero-order chi connectivity index (χ0) is 17.3. The second-order valence-corrected chi connectivity index (χ2v) is 6.20. The van der Waals surface area contributed by atoms with E-state index in [9.17, 15) is 4.79 Å². The van der Waals surface area contributed by atoms with Crippen molar-refractivity contribution < 1.29 is 4.79 Å². The zero-order valence-electron chi connectivity index (χ0n) is 14.3. The summed E-state index contributed by atoms with van der Waals surface area (Å²) >= 11 is 0. The van der Waals surface area contributed by atoms with Crippen LogP contribution in [-0.4, -0.2) is 20.9 Å². The summed E-state index contributed by atoms with van der Waals surface area (Å²) in [6, 6.07) is 5.82. The van der Waals surface area contributed by atoms with Crippen LogP contribution in [0.15, 0.2) is 36.9 Å². The minimum atomic E-state index is -0.201. The number of nitrogens with one attached hydrogen (secondary N) is 1. The van der Waals surface area contributed by atoms with Gasteiger partial charge in [0.2, 0.25) is 0 Å². The zero-order valence-corrected chi connectivity index (χ0v) is 14.3. The Kier molecular flexibility index (Phi) is 4.25. The first kappa shape index (κ1) is 16.1. The smallest absolute Gasteiger partial charge is 0.259 e. The monoisotopic (exact) mass is 320 g/mol.